The number of hydrogen-bond donors (Lipinski definition) is 1. The number of fused-ring (bicyclic) bond motifs is 1. The van der Waals surface area contributed by atoms with Crippen LogP contribution in [0.2, 0.25) is 0 Å². The van der Waals surface area contributed by atoms with Gasteiger partial charge in [-0.25, -0.2) is 23.6 Å². The monoisotopic (exact) mass is 334 g/mol. The fourth-order valence-electron chi connectivity index (χ4n) is 2.36. The second-order valence-electron chi connectivity index (χ2n) is 4.93. The molecule has 3 rings (SSSR count). The van der Waals surface area contributed by atoms with Crippen LogP contribution in [-0.2, 0) is 4.74 Å². The van der Waals surface area contributed by atoms with Gasteiger partial charge in [0.2, 0.25) is 5.95 Å². The molecule has 0 fully saturated rings. The van der Waals surface area contributed by atoms with Crippen molar-refractivity contribution in [1.82, 2.24) is 9.55 Å². The molecule has 1 aliphatic heterocycles. The largest absolute Gasteiger partial charge is 0.462 e. The molecule has 1 unspecified atom stereocenters. The molecule has 0 amide bonds. The van der Waals surface area contributed by atoms with Crippen LogP contribution < -0.4 is 11.3 Å². The highest BCUT2D eigenvalue weighted by molar-refractivity contribution is 6.06. The summed E-state index contributed by atoms with van der Waals surface area (Å²) in [5, 5.41) is 0. The number of benzene rings is 1. The number of nitrogens with zero attached hydrogens (tertiary/aromatic N) is 3. The Morgan fingerprint density at radius 3 is 2.83 bits per heavy atom. The molecule has 24 heavy (non-hydrogen) atoms. The topological polar surface area (TPSA) is 99.6 Å². The minimum absolute atomic E-state index is 0.0121. The lowest BCUT2D eigenvalue weighted by Gasteiger charge is -2.12. The molecule has 1 aliphatic rings. The third-order valence-electron chi connectivity index (χ3n) is 3.46. The van der Waals surface area contributed by atoms with Gasteiger partial charge in [-0.15, -0.1) is 0 Å². The number of nitrogens with two attached hydrogens (primary N) is 1. The van der Waals surface area contributed by atoms with Crippen molar-refractivity contribution in [2.75, 3.05) is 6.61 Å². The quantitative estimate of drug-likeness (QED) is 0.853. The smallest absolute Gasteiger partial charge is 0.345 e. The zero-order chi connectivity index (χ0) is 17.4. The summed E-state index contributed by atoms with van der Waals surface area (Å²) in [6, 6.07) is 2.91. The van der Waals surface area contributed by atoms with Crippen LogP contribution in [0.4, 0.5) is 14.7 Å². The molecule has 7 nitrogen and oxygen atoms in total. The molecular weight excluding hydrogens is 322 g/mol. The van der Waals surface area contributed by atoms with Crippen LogP contribution in [0.5, 0.6) is 0 Å². The lowest BCUT2D eigenvalue weighted by molar-refractivity contribution is 0.0523. The van der Waals surface area contributed by atoms with Crippen molar-refractivity contribution in [2.45, 2.75) is 13.1 Å². The summed E-state index contributed by atoms with van der Waals surface area (Å²) in [4.78, 5) is 32.1. The van der Waals surface area contributed by atoms with Crippen molar-refractivity contribution in [2.24, 2.45) is 10.7 Å². The average Bonchev–Trinajstić information content (AvgIpc) is 2.85. The number of carbonyl (C=O) groups excluding carboxylic acids is 1. The highest BCUT2D eigenvalue weighted by Crippen LogP contribution is 2.26. The van der Waals surface area contributed by atoms with Crippen molar-refractivity contribution in [3.8, 4) is 0 Å². The fraction of sp³-hybridized carbons (Fsp3) is 0.200. The Balaban J connectivity index is 2.06. The number of carbonyl (C=O) groups is 1. The maximum Gasteiger partial charge on any atom is 0.345 e. The fourth-order valence-corrected chi connectivity index (χ4v) is 2.36. The summed E-state index contributed by atoms with van der Waals surface area (Å²) >= 11 is 0. The highest BCUT2D eigenvalue weighted by atomic mass is 19.1. The third-order valence-corrected chi connectivity index (χ3v) is 3.46. The maximum atomic E-state index is 13.9. The molecule has 0 aliphatic carbocycles. The summed E-state index contributed by atoms with van der Waals surface area (Å²) < 4.78 is 32.7. The van der Waals surface area contributed by atoms with Gasteiger partial charge in [0.1, 0.15) is 23.4 Å². The first kappa shape index (κ1) is 15.9. The van der Waals surface area contributed by atoms with Gasteiger partial charge in [-0.2, -0.15) is 0 Å². The van der Waals surface area contributed by atoms with E-state index in [0.29, 0.717) is 6.07 Å². The van der Waals surface area contributed by atoms with Gasteiger partial charge in [0.15, 0.2) is 0 Å². The number of rotatable bonds is 3. The zero-order valence-electron chi connectivity index (χ0n) is 12.5. The van der Waals surface area contributed by atoms with E-state index in [1.54, 1.807) is 6.92 Å². The summed E-state index contributed by atoms with van der Waals surface area (Å²) in [6.07, 6.45) is -0.124. The summed E-state index contributed by atoms with van der Waals surface area (Å²) in [6.45, 7) is 1.69. The molecule has 2 N–H and O–H groups in total. The van der Waals surface area contributed by atoms with Crippen molar-refractivity contribution in [1.29, 1.82) is 0 Å². The number of ether oxygens (including phenoxy) is 1. The molecule has 0 radical (unpaired) electrons. The average molecular weight is 334 g/mol. The van der Waals surface area contributed by atoms with Gasteiger partial charge in [0.05, 0.1) is 18.5 Å². The predicted molar refractivity (Wildman–Crippen MR) is 80.2 cm³/mol. The Morgan fingerprint density at radius 1 is 1.42 bits per heavy atom. The Bertz CT molecular complexity index is 923. The van der Waals surface area contributed by atoms with Crippen LogP contribution in [-0.4, -0.2) is 27.8 Å². The van der Waals surface area contributed by atoms with Crippen LogP contribution >= 0.6 is 0 Å². The lowest BCUT2D eigenvalue weighted by atomic mass is 10.1. The van der Waals surface area contributed by atoms with Gasteiger partial charge in [-0.3, -0.25) is 9.36 Å². The van der Waals surface area contributed by atoms with E-state index in [1.165, 1.54) is 6.07 Å². The van der Waals surface area contributed by atoms with Crippen molar-refractivity contribution in [3.63, 3.8) is 0 Å². The van der Waals surface area contributed by atoms with Gasteiger partial charge in [0, 0.05) is 11.6 Å². The number of aliphatic imine (C=N–C) groups is 1. The lowest BCUT2D eigenvalue weighted by Crippen LogP contribution is -2.35. The molecule has 1 aromatic carbocycles. The van der Waals surface area contributed by atoms with E-state index < -0.39 is 29.3 Å². The van der Waals surface area contributed by atoms with E-state index in [0.717, 1.165) is 16.8 Å². The molecule has 9 heteroatoms. The van der Waals surface area contributed by atoms with Crippen LogP contribution in [0.3, 0.4) is 0 Å². The van der Waals surface area contributed by atoms with Crippen LogP contribution in [0.15, 0.2) is 34.2 Å². The Kier molecular flexibility index (Phi) is 3.94. The van der Waals surface area contributed by atoms with Gasteiger partial charge in [-0.1, -0.05) is 0 Å². The predicted octanol–water partition coefficient (Wildman–Crippen LogP) is 1.29. The second-order valence-corrected chi connectivity index (χ2v) is 4.93. The van der Waals surface area contributed by atoms with Crippen LogP contribution in [0.25, 0.3) is 0 Å². The molecule has 0 saturated heterocycles. The van der Waals surface area contributed by atoms with Crippen molar-refractivity contribution in [3.05, 3.63) is 57.5 Å². The van der Waals surface area contributed by atoms with E-state index in [1.807, 2.05) is 0 Å². The third kappa shape index (κ3) is 2.48. The summed E-state index contributed by atoms with van der Waals surface area (Å²) in [7, 11) is 0. The SMILES string of the molecule is CCOC(=O)c1cnc2n(c1=O)C(N)C(c1ccc(F)cc1F)=N2. The Hall–Kier alpha value is -2.94. The van der Waals surface area contributed by atoms with Crippen molar-refractivity contribution >= 4 is 17.6 Å². The molecule has 0 spiro atoms. The van der Waals surface area contributed by atoms with E-state index in [4.69, 9.17) is 10.5 Å². The van der Waals surface area contributed by atoms with Crippen LogP contribution in [0, 0.1) is 11.6 Å². The minimum atomic E-state index is -1.16. The van der Waals surface area contributed by atoms with E-state index in [9.17, 15) is 18.4 Å². The number of hydrogen-bond acceptors (Lipinski definition) is 6. The summed E-state index contributed by atoms with van der Waals surface area (Å²) in [5.74, 6) is -2.52. The number of aromatic nitrogens is 2. The first-order valence-electron chi connectivity index (χ1n) is 7.02. The molecule has 2 heterocycles. The van der Waals surface area contributed by atoms with Crippen LogP contribution in [0.1, 0.15) is 29.0 Å². The van der Waals surface area contributed by atoms with Gasteiger partial charge in [0.25, 0.3) is 5.56 Å². The molecular formula is C15H12F2N4O3. The number of halogens is 2. The molecule has 1 aromatic heterocycles. The molecule has 1 atom stereocenters. The van der Waals surface area contributed by atoms with E-state index >= 15 is 0 Å². The van der Waals surface area contributed by atoms with Gasteiger partial charge in [-0.05, 0) is 19.1 Å². The molecule has 0 saturated carbocycles. The molecule has 2 aromatic rings. The normalized spacial score (nSPS) is 15.8. The van der Waals surface area contributed by atoms with Crippen molar-refractivity contribution < 1.29 is 18.3 Å². The molecule has 124 valence electrons. The standard InChI is InChI=1S/C15H12F2N4O3/c1-2-24-14(23)9-6-19-15-20-11(12(18)21(15)13(9)22)8-4-3-7(16)5-10(8)17/h3-6,12H,2,18H2,1H3. The first-order chi connectivity index (χ1) is 11.4. The molecule has 0 bridgehead atoms. The van der Waals surface area contributed by atoms with Gasteiger partial charge < -0.3 is 10.5 Å². The summed E-state index contributed by atoms with van der Waals surface area (Å²) in [5.41, 5.74) is 4.87. The Morgan fingerprint density at radius 2 is 2.17 bits per heavy atom. The van der Waals surface area contributed by atoms with E-state index in [-0.39, 0.29) is 29.4 Å². The van der Waals surface area contributed by atoms with Gasteiger partial charge >= 0.3 is 5.97 Å². The second kappa shape index (κ2) is 5.93. The maximum absolute atomic E-state index is 13.9. The van der Waals surface area contributed by atoms with E-state index in [2.05, 4.69) is 9.98 Å². The Labute approximate surface area is 134 Å². The first-order valence-corrected chi connectivity index (χ1v) is 7.02. The highest BCUT2D eigenvalue weighted by Gasteiger charge is 2.30. The number of esters is 1. The zero-order valence-corrected chi connectivity index (χ0v) is 12.5. The minimum Gasteiger partial charge on any atom is -0.462 e.